The Kier molecular flexibility index (Phi) is 6.39. The van der Waals surface area contributed by atoms with E-state index in [0.717, 1.165) is 0 Å². The van der Waals surface area contributed by atoms with Crippen LogP contribution in [0.1, 0.15) is 11.1 Å². The lowest BCUT2D eigenvalue weighted by Gasteiger charge is -2.23. The number of benzene rings is 3. The average molecular weight is 518 g/mol. The van der Waals surface area contributed by atoms with Crippen LogP contribution in [0.15, 0.2) is 30.3 Å². The minimum Gasteiger partial charge on any atom is -0.450 e. The van der Waals surface area contributed by atoms with Crippen molar-refractivity contribution in [2.24, 2.45) is 0 Å². The van der Waals surface area contributed by atoms with Crippen molar-refractivity contribution in [2.45, 2.75) is 12.4 Å². The lowest BCUT2D eigenvalue weighted by molar-refractivity contribution is -0.146. The molecule has 3 aromatic rings. The average Bonchev–Trinajstić information content (AvgIpc) is 2.73. The maximum Gasteiger partial charge on any atom is 0.423 e. The molecular formula is C20H9F11N2O2. The lowest BCUT2D eigenvalue weighted by Crippen LogP contribution is -2.17. The second-order valence-corrected chi connectivity index (χ2v) is 6.70. The van der Waals surface area contributed by atoms with Gasteiger partial charge in [-0.3, -0.25) is 0 Å². The van der Waals surface area contributed by atoms with Gasteiger partial charge in [-0.15, -0.1) is 0 Å². The first-order valence-corrected chi connectivity index (χ1v) is 8.87. The maximum atomic E-state index is 14.5. The lowest BCUT2D eigenvalue weighted by atomic mass is 10.0. The summed E-state index contributed by atoms with van der Waals surface area (Å²) in [6, 6.07) is 1.43. The second kappa shape index (κ2) is 8.70. The molecule has 188 valence electrons. The van der Waals surface area contributed by atoms with Crippen molar-refractivity contribution in [2.75, 3.05) is 11.5 Å². The van der Waals surface area contributed by atoms with Gasteiger partial charge in [-0.25, -0.2) is 22.0 Å². The molecule has 0 aliphatic carbocycles. The van der Waals surface area contributed by atoms with Crippen molar-refractivity contribution >= 4 is 11.4 Å². The van der Waals surface area contributed by atoms with E-state index < -0.39 is 93.0 Å². The Labute approximate surface area is 187 Å². The summed E-state index contributed by atoms with van der Waals surface area (Å²) in [7, 11) is 0. The Morgan fingerprint density at radius 3 is 1.37 bits per heavy atom. The monoisotopic (exact) mass is 518 g/mol. The molecule has 0 aromatic heterocycles. The van der Waals surface area contributed by atoms with E-state index in [9.17, 15) is 48.3 Å². The third-order valence-electron chi connectivity index (χ3n) is 4.34. The van der Waals surface area contributed by atoms with Gasteiger partial charge in [-0.1, -0.05) is 0 Å². The van der Waals surface area contributed by atoms with Crippen molar-refractivity contribution in [1.29, 1.82) is 0 Å². The Hall–Kier alpha value is -3.91. The number of rotatable bonds is 4. The molecule has 0 saturated carbocycles. The highest BCUT2D eigenvalue weighted by Gasteiger charge is 2.47. The molecule has 4 nitrogen and oxygen atoms in total. The third kappa shape index (κ3) is 4.83. The Morgan fingerprint density at radius 1 is 0.543 bits per heavy atom. The van der Waals surface area contributed by atoms with Crippen LogP contribution in [0.4, 0.5) is 59.7 Å². The summed E-state index contributed by atoms with van der Waals surface area (Å²) in [4.78, 5) is 0. The molecule has 35 heavy (non-hydrogen) atoms. The van der Waals surface area contributed by atoms with Crippen LogP contribution in [0, 0.1) is 29.1 Å². The zero-order valence-electron chi connectivity index (χ0n) is 16.5. The van der Waals surface area contributed by atoms with E-state index in [1.54, 1.807) is 0 Å². The number of alkyl halides is 6. The largest absolute Gasteiger partial charge is 0.450 e. The fraction of sp³-hybridized carbons (Fsp3) is 0.100. The minimum absolute atomic E-state index is 0.368. The highest BCUT2D eigenvalue weighted by Crippen LogP contribution is 2.52. The zero-order valence-corrected chi connectivity index (χ0v) is 16.5. The van der Waals surface area contributed by atoms with Crippen LogP contribution in [-0.4, -0.2) is 0 Å². The number of nitrogen functional groups attached to an aromatic ring is 2. The summed E-state index contributed by atoms with van der Waals surface area (Å²) in [5, 5.41) is 0. The van der Waals surface area contributed by atoms with Crippen LogP contribution in [-0.2, 0) is 12.4 Å². The van der Waals surface area contributed by atoms with Crippen LogP contribution in [0.2, 0.25) is 0 Å². The molecule has 0 amide bonds. The molecule has 0 heterocycles. The van der Waals surface area contributed by atoms with Gasteiger partial charge in [0.1, 0.15) is 11.1 Å². The summed E-state index contributed by atoms with van der Waals surface area (Å²) < 4.78 is 162. The van der Waals surface area contributed by atoms with Gasteiger partial charge < -0.3 is 20.9 Å². The van der Waals surface area contributed by atoms with Crippen molar-refractivity contribution in [3.63, 3.8) is 0 Å². The maximum absolute atomic E-state index is 14.5. The summed E-state index contributed by atoms with van der Waals surface area (Å²) in [5.41, 5.74) is 3.30. The van der Waals surface area contributed by atoms with Gasteiger partial charge in [0, 0.05) is 0 Å². The fourth-order valence-corrected chi connectivity index (χ4v) is 2.78. The molecule has 0 radical (unpaired) electrons. The van der Waals surface area contributed by atoms with E-state index in [1.165, 1.54) is 0 Å². The Balaban J connectivity index is 2.40. The molecule has 4 N–H and O–H groups in total. The molecule has 3 rings (SSSR count). The van der Waals surface area contributed by atoms with E-state index in [2.05, 4.69) is 9.47 Å². The minimum atomic E-state index is -5.99. The van der Waals surface area contributed by atoms with Gasteiger partial charge in [0.05, 0.1) is 11.4 Å². The van der Waals surface area contributed by atoms with Gasteiger partial charge in [-0.05, 0) is 30.3 Å². The molecule has 0 aliphatic rings. The topological polar surface area (TPSA) is 70.5 Å². The number of hydrogen-bond donors (Lipinski definition) is 2. The van der Waals surface area contributed by atoms with Crippen LogP contribution in [0.25, 0.3) is 0 Å². The van der Waals surface area contributed by atoms with Crippen LogP contribution < -0.4 is 20.9 Å². The van der Waals surface area contributed by atoms with Crippen LogP contribution in [0.5, 0.6) is 23.0 Å². The van der Waals surface area contributed by atoms with Crippen molar-refractivity contribution in [1.82, 2.24) is 0 Å². The Morgan fingerprint density at radius 2 is 0.971 bits per heavy atom. The number of ether oxygens (including phenoxy) is 2. The number of hydrogen-bond acceptors (Lipinski definition) is 4. The molecule has 0 spiro atoms. The highest BCUT2D eigenvalue weighted by molar-refractivity contribution is 5.58. The molecule has 3 aromatic carbocycles. The number of halogens is 11. The van der Waals surface area contributed by atoms with Gasteiger partial charge >= 0.3 is 12.4 Å². The van der Waals surface area contributed by atoms with E-state index >= 15 is 0 Å². The quantitative estimate of drug-likeness (QED) is 0.284. The van der Waals surface area contributed by atoms with Gasteiger partial charge in [0.25, 0.3) is 0 Å². The predicted octanol–water partition coefficient (Wildman–Crippen LogP) is 7.17. The molecule has 0 aliphatic heterocycles. The van der Waals surface area contributed by atoms with Crippen molar-refractivity contribution in [3.05, 3.63) is 70.5 Å². The van der Waals surface area contributed by atoms with Crippen molar-refractivity contribution < 1.29 is 57.8 Å². The fourth-order valence-electron chi connectivity index (χ4n) is 2.78. The molecule has 0 unspecified atom stereocenters. The molecule has 0 bridgehead atoms. The highest BCUT2D eigenvalue weighted by atomic mass is 19.4. The number of anilines is 2. The van der Waals surface area contributed by atoms with Crippen molar-refractivity contribution in [3.8, 4) is 23.0 Å². The summed E-state index contributed by atoms with van der Waals surface area (Å²) in [5.74, 6) is -17.7. The molecule has 0 atom stereocenters. The van der Waals surface area contributed by atoms with E-state index in [1.807, 2.05) is 0 Å². The zero-order chi connectivity index (χ0) is 26.5. The van der Waals surface area contributed by atoms with Gasteiger partial charge in [0.15, 0.2) is 40.6 Å². The van der Waals surface area contributed by atoms with Crippen LogP contribution >= 0.6 is 0 Å². The summed E-state index contributed by atoms with van der Waals surface area (Å²) >= 11 is 0. The first-order valence-electron chi connectivity index (χ1n) is 8.87. The molecule has 0 fully saturated rings. The summed E-state index contributed by atoms with van der Waals surface area (Å²) in [6.07, 6.45) is -11.8. The first kappa shape index (κ1) is 25.7. The normalized spacial score (nSPS) is 12.1. The predicted molar refractivity (Wildman–Crippen MR) is 98.1 cm³/mol. The third-order valence-corrected chi connectivity index (χ3v) is 4.34. The Bertz CT molecular complexity index is 1300. The molecule has 15 heteroatoms. The standard InChI is InChI=1S/C20H9F11N2O2/c21-7-1-3-10(32)13(24)17(7)34-15-6(19(26,27)28)5-9(23)16(12(15)20(29,30)31)35-18-8(22)2-4-11(33)14(18)25/h1-5H,32-33H2. The molecule has 0 saturated heterocycles. The van der Waals surface area contributed by atoms with Gasteiger partial charge in [0.2, 0.25) is 11.5 Å². The summed E-state index contributed by atoms with van der Waals surface area (Å²) in [6.45, 7) is 0. The van der Waals surface area contributed by atoms with Crippen LogP contribution in [0.3, 0.4) is 0 Å². The van der Waals surface area contributed by atoms with E-state index in [-0.39, 0.29) is 0 Å². The molecular weight excluding hydrogens is 509 g/mol. The second-order valence-electron chi connectivity index (χ2n) is 6.70. The first-order chi connectivity index (χ1) is 16.0. The van der Waals surface area contributed by atoms with E-state index in [4.69, 9.17) is 11.5 Å². The number of nitrogens with two attached hydrogens (primary N) is 2. The smallest absolute Gasteiger partial charge is 0.423 e. The SMILES string of the molecule is Nc1ccc(F)c(Oc2c(F)cc(C(F)(F)F)c(Oc3c(F)ccc(N)c3F)c2C(F)(F)F)c1F. The van der Waals surface area contributed by atoms with Gasteiger partial charge in [-0.2, -0.15) is 26.3 Å². The van der Waals surface area contributed by atoms with E-state index in [0.29, 0.717) is 24.3 Å².